The smallest absolute Gasteiger partial charge is 0.181 e. The van der Waals surface area contributed by atoms with E-state index in [1.807, 2.05) is 4.90 Å². The standard InChI is InChI=1S/C15H18Cl2N2O2/c1-11(19(7-3-6-18)8-9-21-2)15(20)13-5-4-12(16)10-14(13)17/h4-5,10-11H,3,7-9H2,1-2H3. The van der Waals surface area contributed by atoms with E-state index in [0.29, 0.717) is 41.7 Å². The molecule has 0 aliphatic heterocycles. The van der Waals surface area contributed by atoms with E-state index < -0.39 is 0 Å². The SMILES string of the molecule is COCCN(CCC#N)C(C)C(=O)c1ccc(Cl)cc1Cl. The minimum atomic E-state index is -0.382. The number of carbonyl (C=O) groups excluding carboxylic acids is 1. The minimum Gasteiger partial charge on any atom is -0.383 e. The van der Waals surface area contributed by atoms with Crippen LogP contribution in [0.15, 0.2) is 18.2 Å². The predicted octanol–water partition coefficient (Wildman–Crippen LogP) is 3.43. The Balaban J connectivity index is 2.88. The van der Waals surface area contributed by atoms with Crippen LogP contribution in [-0.2, 0) is 4.74 Å². The fourth-order valence-corrected chi connectivity index (χ4v) is 2.48. The molecule has 1 rings (SSSR count). The average molecular weight is 329 g/mol. The molecule has 1 unspecified atom stereocenters. The fraction of sp³-hybridized carbons (Fsp3) is 0.467. The molecular weight excluding hydrogens is 311 g/mol. The van der Waals surface area contributed by atoms with Crippen LogP contribution in [0.3, 0.4) is 0 Å². The summed E-state index contributed by atoms with van der Waals surface area (Å²) < 4.78 is 5.05. The van der Waals surface area contributed by atoms with Crippen LogP contribution in [0, 0.1) is 11.3 Å². The topological polar surface area (TPSA) is 53.3 Å². The molecule has 0 aliphatic carbocycles. The van der Waals surface area contributed by atoms with Crippen LogP contribution in [0.2, 0.25) is 10.0 Å². The summed E-state index contributed by atoms with van der Waals surface area (Å²) >= 11 is 11.9. The van der Waals surface area contributed by atoms with Crippen molar-refractivity contribution in [3.63, 3.8) is 0 Å². The van der Waals surface area contributed by atoms with Gasteiger partial charge in [-0.15, -0.1) is 0 Å². The second-order valence-electron chi connectivity index (χ2n) is 4.60. The number of rotatable bonds is 8. The lowest BCUT2D eigenvalue weighted by Gasteiger charge is -2.27. The lowest BCUT2D eigenvalue weighted by molar-refractivity contribution is 0.0781. The highest BCUT2D eigenvalue weighted by molar-refractivity contribution is 6.37. The molecule has 0 heterocycles. The summed E-state index contributed by atoms with van der Waals surface area (Å²) in [4.78, 5) is 14.5. The van der Waals surface area contributed by atoms with E-state index in [0.717, 1.165) is 0 Å². The zero-order valence-electron chi connectivity index (χ0n) is 12.1. The summed E-state index contributed by atoms with van der Waals surface area (Å²) in [5.74, 6) is -0.0919. The Kier molecular flexibility index (Phi) is 7.69. The first-order chi connectivity index (χ1) is 10.0. The summed E-state index contributed by atoms with van der Waals surface area (Å²) in [6.07, 6.45) is 0.357. The Bertz CT molecular complexity index is 529. The monoisotopic (exact) mass is 328 g/mol. The van der Waals surface area contributed by atoms with Crippen LogP contribution in [0.1, 0.15) is 23.7 Å². The van der Waals surface area contributed by atoms with Gasteiger partial charge in [0.25, 0.3) is 0 Å². The van der Waals surface area contributed by atoms with Crippen molar-refractivity contribution in [3.8, 4) is 6.07 Å². The van der Waals surface area contributed by atoms with Gasteiger partial charge >= 0.3 is 0 Å². The van der Waals surface area contributed by atoms with E-state index in [2.05, 4.69) is 6.07 Å². The Morgan fingerprint density at radius 3 is 2.71 bits per heavy atom. The first kappa shape index (κ1) is 17.9. The molecule has 4 nitrogen and oxygen atoms in total. The third-order valence-electron chi connectivity index (χ3n) is 3.22. The van der Waals surface area contributed by atoms with Crippen molar-refractivity contribution in [1.82, 2.24) is 4.90 Å². The third-order valence-corrected chi connectivity index (χ3v) is 3.77. The number of nitriles is 1. The Morgan fingerprint density at radius 1 is 1.43 bits per heavy atom. The van der Waals surface area contributed by atoms with Crippen LogP contribution >= 0.6 is 23.2 Å². The first-order valence-electron chi connectivity index (χ1n) is 6.60. The highest BCUT2D eigenvalue weighted by Crippen LogP contribution is 2.23. The Hall–Kier alpha value is -1.12. The van der Waals surface area contributed by atoms with Crippen molar-refractivity contribution < 1.29 is 9.53 Å². The normalized spacial score (nSPS) is 12.2. The van der Waals surface area contributed by atoms with Crippen LogP contribution in [0.4, 0.5) is 0 Å². The van der Waals surface area contributed by atoms with Crippen molar-refractivity contribution in [3.05, 3.63) is 33.8 Å². The molecule has 0 aliphatic rings. The number of halogens is 2. The van der Waals surface area contributed by atoms with Gasteiger partial charge in [0, 0.05) is 37.2 Å². The van der Waals surface area contributed by atoms with Gasteiger partial charge in [0.05, 0.1) is 23.7 Å². The maximum absolute atomic E-state index is 12.6. The maximum Gasteiger partial charge on any atom is 0.181 e. The molecular formula is C15H18Cl2N2O2. The molecule has 114 valence electrons. The van der Waals surface area contributed by atoms with Gasteiger partial charge in [0.1, 0.15) is 0 Å². The molecule has 1 aromatic carbocycles. The molecule has 0 bridgehead atoms. The van der Waals surface area contributed by atoms with Gasteiger partial charge in [-0.1, -0.05) is 23.2 Å². The van der Waals surface area contributed by atoms with Crippen LogP contribution in [-0.4, -0.2) is 43.5 Å². The predicted molar refractivity (Wildman–Crippen MR) is 83.9 cm³/mol. The third kappa shape index (κ3) is 5.29. The molecule has 21 heavy (non-hydrogen) atoms. The van der Waals surface area contributed by atoms with Gasteiger partial charge in [-0.2, -0.15) is 5.26 Å². The first-order valence-corrected chi connectivity index (χ1v) is 7.36. The number of benzene rings is 1. The summed E-state index contributed by atoms with van der Waals surface area (Å²) in [5, 5.41) is 9.55. The summed E-state index contributed by atoms with van der Waals surface area (Å²) in [6, 6.07) is 6.53. The lowest BCUT2D eigenvalue weighted by Crippen LogP contribution is -2.41. The molecule has 1 aromatic rings. The summed E-state index contributed by atoms with van der Waals surface area (Å²) in [5.41, 5.74) is 0.438. The zero-order valence-corrected chi connectivity index (χ0v) is 13.6. The fourth-order valence-electron chi connectivity index (χ4n) is 1.98. The van der Waals surface area contributed by atoms with Gasteiger partial charge in [0.2, 0.25) is 0 Å². The van der Waals surface area contributed by atoms with Crippen LogP contribution in [0.25, 0.3) is 0 Å². The van der Waals surface area contributed by atoms with E-state index in [9.17, 15) is 4.79 Å². The van der Waals surface area contributed by atoms with Crippen molar-refractivity contribution >= 4 is 29.0 Å². The van der Waals surface area contributed by atoms with E-state index >= 15 is 0 Å². The second kappa shape index (κ2) is 9.01. The second-order valence-corrected chi connectivity index (χ2v) is 5.44. The van der Waals surface area contributed by atoms with E-state index in [4.69, 9.17) is 33.2 Å². The Labute approximate surface area is 135 Å². The minimum absolute atomic E-state index is 0.0919. The van der Waals surface area contributed by atoms with Gasteiger partial charge < -0.3 is 4.74 Å². The van der Waals surface area contributed by atoms with Crippen LogP contribution < -0.4 is 0 Å². The van der Waals surface area contributed by atoms with Crippen molar-refractivity contribution in [1.29, 1.82) is 5.26 Å². The van der Waals surface area contributed by atoms with Crippen LogP contribution in [0.5, 0.6) is 0 Å². The maximum atomic E-state index is 12.6. The number of Topliss-reactive ketones (excluding diaryl/α,β-unsaturated/α-hetero) is 1. The molecule has 0 fully saturated rings. The number of hydrogen-bond donors (Lipinski definition) is 0. The van der Waals surface area contributed by atoms with Gasteiger partial charge in [0.15, 0.2) is 5.78 Å². The average Bonchev–Trinajstić information content (AvgIpc) is 2.46. The van der Waals surface area contributed by atoms with Gasteiger partial charge in [-0.3, -0.25) is 9.69 Å². The molecule has 0 saturated heterocycles. The summed E-state index contributed by atoms with van der Waals surface area (Å²) in [7, 11) is 1.60. The van der Waals surface area contributed by atoms with Crippen molar-refractivity contribution in [2.24, 2.45) is 0 Å². The number of hydrogen-bond acceptors (Lipinski definition) is 4. The molecule has 1 atom stereocenters. The molecule has 0 aromatic heterocycles. The number of methoxy groups -OCH3 is 1. The zero-order chi connectivity index (χ0) is 15.8. The van der Waals surface area contributed by atoms with E-state index in [-0.39, 0.29) is 11.8 Å². The molecule has 0 radical (unpaired) electrons. The molecule has 0 saturated carbocycles. The number of ether oxygens (including phenoxy) is 1. The van der Waals surface area contributed by atoms with Gasteiger partial charge in [-0.25, -0.2) is 0 Å². The largest absolute Gasteiger partial charge is 0.383 e. The highest BCUT2D eigenvalue weighted by Gasteiger charge is 2.23. The van der Waals surface area contributed by atoms with Gasteiger partial charge in [-0.05, 0) is 25.1 Å². The number of ketones is 1. The molecule has 0 amide bonds. The molecule has 0 N–H and O–H groups in total. The molecule has 0 spiro atoms. The van der Waals surface area contributed by atoms with E-state index in [1.54, 1.807) is 32.2 Å². The Morgan fingerprint density at radius 2 is 2.14 bits per heavy atom. The number of carbonyl (C=O) groups is 1. The quantitative estimate of drug-likeness (QED) is 0.686. The van der Waals surface area contributed by atoms with Crippen molar-refractivity contribution in [2.75, 3.05) is 26.8 Å². The lowest BCUT2D eigenvalue weighted by atomic mass is 10.0. The summed E-state index contributed by atoms with van der Waals surface area (Å²) in [6.45, 7) is 3.39. The van der Waals surface area contributed by atoms with E-state index in [1.165, 1.54) is 0 Å². The van der Waals surface area contributed by atoms with Crippen molar-refractivity contribution in [2.45, 2.75) is 19.4 Å². The highest BCUT2D eigenvalue weighted by atomic mass is 35.5. The number of nitrogens with zero attached hydrogens (tertiary/aromatic N) is 2. The molecule has 6 heteroatoms.